The van der Waals surface area contributed by atoms with Crippen molar-refractivity contribution in [2.24, 2.45) is 11.3 Å². The molecule has 2 aliphatic heterocycles. The van der Waals surface area contributed by atoms with Crippen LogP contribution in [0.25, 0.3) is 0 Å². The van der Waals surface area contributed by atoms with E-state index in [-0.39, 0.29) is 17.4 Å². The molecule has 2 unspecified atom stereocenters. The van der Waals surface area contributed by atoms with E-state index < -0.39 is 12.1 Å². The molecule has 3 heterocycles. The van der Waals surface area contributed by atoms with Crippen LogP contribution in [0.15, 0.2) is 18.5 Å². The molecule has 0 aromatic carbocycles. The van der Waals surface area contributed by atoms with Crippen molar-refractivity contribution in [3.05, 3.63) is 29.6 Å². The highest BCUT2D eigenvalue weighted by Crippen LogP contribution is 2.41. The maximum Gasteiger partial charge on any atom is 0.490 e. The summed E-state index contributed by atoms with van der Waals surface area (Å²) in [4.78, 5) is 28.0. The summed E-state index contributed by atoms with van der Waals surface area (Å²) in [6.07, 6.45) is 4.24. The van der Waals surface area contributed by atoms with Crippen LogP contribution in [0.5, 0.6) is 0 Å². The van der Waals surface area contributed by atoms with Crippen LogP contribution in [0.2, 0.25) is 0 Å². The zero-order valence-corrected chi connectivity index (χ0v) is 18.1. The summed E-state index contributed by atoms with van der Waals surface area (Å²) in [6.45, 7) is 5.87. The average Bonchev–Trinajstić information content (AvgIpc) is 3.57. The van der Waals surface area contributed by atoms with Crippen LogP contribution < -0.4 is 0 Å². The smallest absolute Gasteiger partial charge is 0.475 e. The van der Waals surface area contributed by atoms with Gasteiger partial charge in [0, 0.05) is 44.1 Å². The summed E-state index contributed by atoms with van der Waals surface area (Å²) in [6, 6.07) is 1.93. The van der Waals surface area contributed by atoms with Crippen molar-refractivity contribution in [2.75, 3.05) is 32.9 Å². The summed E-state index contributed by atoms with van der Waals surface area (Å²) >= 11 is 0. The molecule has 1 N–H and O–H groups in total. The lowest BCUT2D eigenvalue weighted by Gasteiger charge is -2.50. The number of hydrogen-bond acceptors (Lipinski definition) is 5. The summed E-state index contributed by atoms with van der Waals surface area (Å²) in [5.41, 5.74) is 1.66. The molecule has 0 bridgehead atoms. The zero-order chi connectivity index (χ0) is 23.4. The van der Waals surface area contributed by atoms with Gasteiger partial charge in [-0.1, -0.05) is 0 Å². The van der Waals surface area contributed by atoms with Gasteiger partial charge in [0.15, 0.2) is 0 Å². The van der Waals surface area contributed by atoms with Crippen molar-refractivity contribution >= 4 is 11.9 Å². The molecular weight excluding hydrogens is 429 g/mol. The first-order chi connectivity index (χ1) is 15.1. The SMILES string of the molecule is Cc1cncc(C(=O)N2CCC3OCCCC3(COCC3CC3)C2)c1.O=C(O)C(F)(F)F. The Morgan fingerprint density at radius 2 is 2.03 bits per heavy atom. The molecule has 1 saturated carbocycles. The average molecular weight is 458 g/mol. The van der Waals surface area contributed by atoms with E-state index in [1.807, 2.05) is 17.9 Å². The second-order valence-corrected chi connectivity index (χ2v) is 8.85. The summed E-state index contributed by atoms with van der Waals surface area (Å²) < 4.78 is 43.9. The van der Waals surface area contributed by atoms with Crippen LogP contribution in [0.4, 0.5) is 13.2 Å². The number of aromatic nitrogens is 1. The Labute approximate surface area is 184 Å². The second-order valence-electron chi connectivity index (χ2n) is 8.85. The van der Waals surface area contributed by atoms with E-state index in [4.69, 9.17) is 19.4 Å². The maximum atomic E-state index is 13.0. The predicted molar refractivity (Wildman–Crippen MR) is 108 cm³/mol. The lowest BCUT2D eigenvalue weighted by Crippen LogP contribution is -2.58. The molecule has 10 heteroatoms. The molecule has 1 amide bonds. The fourth-order valence-corrected chi connectivity index (χ4v) is 4.24. The predicted octanol–water partition coefficient (Wildman–Crippen LogP) is 3.46. The molecule has 0 spiro atoms. The van der Waals surface area contributed by atoms with Gasteiger partial charge in [-0.05, 0) is 56.6 Å². The zero-order valence-electron chi connectivity index (χ0n) is 18.1. The van der Waals surface area contributed by atoms with Gasteiger partial charge in [0.05, 0.1) is 18.3 Å². The first kappa shape index (κ1) is 24.4. The number of fused-ring (bicyclic) bond motifs is 1. The first-order valence-corrected chi connectivity index (χ1v) is 10.8. The van der Waals surface area contributed by atoms with Crippen LogP contribution in [-0.4, -0.2) is 72.1 Å². The summed E-state index contributed by atoms with van der Waals surface area (Å²) in [7, 11) is 0. The number of aliphatic carboxylic acids is 1. The minimum absolute atomic E-state index is 0.0433. The lowest BCUT2D eigenvalue weighted by atomic mass is 9.73. The van der Waals surface area contributed by atoms with Crippen molar-refractivity contribution in [3.63, 3.8) is 0 Å². The number of ether oxygens (including phenoxy) is 2. The monoisotopic (exact) mass is 458 g/mol. The molecule has 3 aliphatic rings. The molecule has 1 aromatic heterocycles. The highest BCUT2D eigenvalue weighted by Gasteiger charge is 2.47. The molecule has 2 saturated heterocycles. The van der Waals surface area contributed by atoms with E-state index in [1.54, 1.807) is 12.4 Å². The van der Waals surface area contributed by atoms with Crippen molar-refractivity contribution in [3.8, 4) is 0 Å². The van der Waals surface area contributed by atoms with Crippen LogP contribution in [0.3, 0.4) is 0 Å². The van der Waals surface area contributed by atoms with E-state index in [1.165, 1.54) is 12.8 Å². The Hall–Kier alpha value is -2.20. The standard InChI is InChI=1S/C20H28N2O3.C2HF3O2/c1-15-9-17(11-21-10-15)19(23)22-7-5-18-20(13-22,6-2-8-25-18)14-24-12-16-3-4-16;3-2(4,5)1(6)7/h9-11,16,18H,2-8,12-14H2,1H3;(H,6,7). The van der Waals surface area contributed by atoms with E-state index in [0.29, 0.717) is 12.2 Å². The van der Waals surface area contributed by atoms with E-state index >= 15 is 0 Å². The molecule has 2 atom stereocenters. The number of likely N-dealkylation sites (tertiary alicyclic amines) is 1. The first-order valence-electron chi connectivity index (χ1n) is 10.8. The van der Waals surface area contributed by atoms with Crippen molar-refractivity contribution in [1.29, 1.82) is 0 Å². The topological polar surface area (TPSA) is 89.0 Å². The lowest BCUT2D eigenvalue weighted by molar-refractivity contribution is -0.192. The Morgan fingerprint density at radius 3 is 2.66 bits per heavy atom. The van der Waals surface area contributed by atoms with Crippen LogP contribution in [-0.2, 0) is 14.3 Å². The third kappa shape index (κ3) is 6.41. The third-order valence-electron chi connectivity index (χ3n) is 6.08. The number of carboxylic acid groups (broad SMARTS) is 1. The van der Waals surface area contributed by atoms with Crippen LogP contribution >= 0.6 is 0 Å². The third-order valence-corrected chi connectivity index (χ3v) is 6.08. The van der Waals surface area contributed by atoms with Gasteiger partial charge in [-0.2, -0.15) is 13.2 Å². The number of piperidine rings is 1. The highest BCUT2D eigenvalue weighted by atomic mass is 19.4. The quantitative estimate of drug-likeness (QED) is 0.727. The Bertz CT molecular complexity index is 815. The number of nitrogens with zero attached hydrogens (tertiary/aromatic N) is 2. The van der Waals surface area contributed by atoms with Gasteiger partial charge in [0.1, 0.15) is 0 Å². The number of amides is 1. The van der Waals surface area contributed by atoms with Gasteiger partial charge >= 0.3 is 12.1 Å². The number of rotatable bonds is 5. The Morgan fingerprint density at radius 1 is 1.31 bits per heavy atom. The van der Waals surface area contributed by atoms with Crippen LogP contribution in [0, 0.1) is 18.3 Å². The fraction of sp³-hybridized carbons (Fsp3) is 0.682. The normalized spacial score (nSPS) is 25.4. The van der Waals surface area contributed by atoms with Gasteiger partial charge < -0.3 is 19.5 Å². The van der Waals surface area contributed by atoms with Gasteiger partial charge in [-0.3, -0.25) is 9.78 Å². The van der Waals surface area contributed by atoms with E-state index in [0.717, 1.165) is 57.0 Å². The van der Waals surface area contributed by atoms with Gasteiger partial charge in [-0.25, -0.2) is 4.79 Å². The maximum absolute atomic E-state index is 13.0. The fourth-order valence-electron chi connectivity index (χ4n) is 4.24. The summed E-state index contributed by atoms with van der Waals surface area (Å²) in [5, 5.41) is 7.12. The van der Waals surface area contributed by atoms with Crippen molar-refractivity contribution < 1.29 is 37.3 Å². The molecule has 1 aromatic rings. The number of alkyl halides is 3. The molecule has 1 aliphatic carbocycles. The van der Waals surface area contributed by atoms with Crippen LogP contribution in [0.1, 0.15) is 48.0 Å². The van der Waals surface area contributed by atoms with Crippen molar-refractivity contribution in [1.82, 2.24) is 9.88 Å². The number of carboxylic acids is 1. The molecular formula is C22H29F3N2O5. The Balaban J connectivity index is 0.000000360. The second kappa shape index (κ2) is 10.2. The number of carbonyl (C=O) groups is 2. The van der Waals surface area contributed by atoms with E-state index in [9.17, 15) is 18.0 Å². The largest absolute Gasteiger partial charge is 0.490 e. The highest BCUT2D eigenvalue weighted by molar-refractivity contribution is 5.94. The van der Waals surface area contributed by atoms with Gasteiger partial charge in [0.25, 0.3) is 5.91 Å². The van der Waals surface area contributed by atoms with Gasteiger partial charge in [0.2, 0.25) is 0 Å². The number of pyridine rings is 1. The molecule has 178 valence electrons. The molecule has 7 nitrogen and oxygen atoms in total. The minimum atomic E-state index is -5.08. The summed E-state index contributed by atoms with van der Waals surface area (Å²) in [5.74, 6) is -1.91. The molecule has 0 radical (unpaired) electrons. The number of halogens is 3. The molecule has 32 heavy (non-hydrogen) atoms. The molecule has 3 fully saturated rings. The van der Waals surface area contributed by atoms with Gasteiger partial charge in [-0.15, -0.1) is 0 Å². The molecule has 4 rings (SSSR count). The number of carbonyl (C=O) groups excluding carboxylic acids is 1. The van der Waals surface area contributed by atoms with Crippen molar-refractivity contribution in [2.45, 2.75) is 51.3 Å². The Kier molecular flexibility index (Phi) is 7.76. The number of hydrogen-bond donors (Lipinski definition) is 1. The van der Waals surface area contributed by atoms with E-state index in [2.05, 4.69) is 4.98 Å². The number of aryl methyl sites for hydroxylation is 1. The minimum Gasteiger partial charge on any atom is -0.475 e.